The SMILES string of the molecule is Cc1cc(C)c(S(=O)(=O)O[C@H]2[C@H]3O[C@H]4CC[C@@H](O[C@H]5[C@H](O)[C@@H](O)[C@@H](O[C@H]6[C@H](O)[C@@H](O)[C@@H](O[C@H]7[C@H](O)[C@@H](O)[C@@H](O[C@H]8[C@H](O)[C@@H](O)[C@@H](O[C@H]9[C@H](O)[C@@H](O)[C@@H](O[C@@H]([C@@H]2O)[C@@H](CO)O3)O[C@@H]9CO)O[C@@H]8CO)O[C@@H]7CO)O[C@@H]6CO)O[C@@H]5CO)O[C@@H]4CO)c(C)c1. The van der Waals surface area contributed by atoms with Gasteiger partial charge < -0.3 is 158 Å². The van der Waals surface area contributed by atoms with Crippen molar-refractivity contribution in [2.75, 3.05) is 46.2 Å². The maximum atomic E-state index is 14.4. The van der Waals surface area contributed by atoms with Crippen LogP contribution < -0.4 is 0 Å². The van der Waals surface area contributed by atoms with Gasteiger partial charge in [-0.2, -0.15) is 8.42 Å². The van der Waals surface area contributed by atoms with E-state index in [1.54, 1.807) is 19.1 Å². The topological polar surface area (TPSA) is 537 Å². The normalized spacial score (nSPS) is 48.8. The van der Waals surface area contributed by atoms with Crippen LogP contribution in [0.2, 0.25) is 0 Å². The molecule has 36 heteroatoms. The maximum absolute atomic E-state index is 14.4. The van der Waals surface area contributed by atoms with Gasteiger partial charge in [0.05, 0.1) is 57.2 Å². The molecule has 15 fully saturated rings. The van der Waals surface area contributed by atoms with E-state index < -0.39 is 259 Å². The molecule has 0 aromatic heterocycles. The van der Waals surface area contributed by atoms with Gasteiger partial charge in [-0.05, 0) is 38.3 Å². The van der Waals surface area contributed by atoms with Gasteiger partial charge in [0.25, 0.3) is 10.1 Å². The zero-order valence-electron chi connectivity index (χ0n) is 47.0. The van der Waals surface area contributed by atoms with Crippen LogP contribution in [0.25, 0.3) is 0 Å². The van der Waals surface area contributed by atoms with E-state index in [4.69, 9.17) is 70.5 Å². The van der Waals surface area contributed by atoms with Gasteiger partial charge in [0.1, 0.15) is 146 Å². The fourth-order valence-corrected chi connectivity index (χ4v) is 13.7. The van der Waals surface area contributed by atoms with E-state index in [-0.39, 0.29) is 28.9 Å². The number of benzene rings is 1. The van der Waals surface area contributed by atoms with Crippen molar-refractivity contribution in [1.82, 2.24) is 0 Å². The minimum Gasteiger partial charge on any atom is -0.394 e. The molecule has 0 amide bonds. The molecular weight excluding hydrogens is 1200 g/mol. The number of hydrogen-bond acceptors (Lipinski definition) is 35. The van der Waals surface area contributed by atoms with Crippen molar-refractivity contribution < 1.29 is 171 Å². The summed E-state index contributed by atoms with van der Waals surface area (Å²) in [6.45, 7) is -2.35. The molecule has 0 aliphatic carbocycles. The minimum absolute atomic E-state index is 0.167. The summed E-state index contributed by atoms with van der Waals surface area (Å²) >= 11 is 0. The molecule has 18 N–H and O–H groups in total. The Bertz CT molecular complexity index is 2460. The van der Waals surface area contributed by atoms with E-state index in [0.717, 1.165) is 0 Å². The average Bonchev–Trinajstić information content (AvgIpc) is 1.01. The van der Waals surface area contributed by atoms with Crippen LogP contribution in [0.4, 0.5) is 0 Å². The monoisotopic (exact) mass is 1280 g/mol. The Morgan fingerprint density at radius 2 is 0.644 bits per heavy atom. The molecule has 1 aromatic carbocycles. The second kappa shape index (κ2) is 29.0. The van der Waals surface area contributed by atoms with Crippen molar-refractivity contribution in [3.63, 3.8) is 0 Å². The van der Waals surface area contributed by atoms with Gasteiger partial charge >= 0.3 is 0 Å². The molecule has 500 valence electrons. The molecule has 0 radical (unpaired) electrons. The Balaban J connectivity index is 1.03. The number of fused-ring (bicyclic) bond motifs is 7. The molecule has 15 heterocycles. The van der Waals surface area contributed by atoms with Crippen LogP contribution in [0.3, 0.4) is 0 Å². The molecule has 35 nitrogen and oxygen atoms in total. The number of rotatable bonds is 10. The van der Waals surface area contributed by atoms with Crippen molar-refractivity contribution in [3.05, 3.63) is 28.8 Å². The number of ether oxygens (including phenoxy) is 14. The lowest BCUT2D eigenvalue weighted by Gasteiger charge is -2.50. The molecule has 0 unspecified atom stereocenters. The highest BCUT2D eigenvalue weighted by Gasteiger charge is 2.59. The highest BCUT2D eigenvalue weighted by Crippen LogP contribution is 2.40. The molecule has 87 heavy (non-hydrogen) atoms. The Hall–Kier alpha value is -2.15. The summed E-state index contributed by atoms with van der Waals surface area (Å²) < 4.78 is 117. The zero-order chi connectivity index (χ0) is 63.2. The van der Waals surface area contributed by atoms with Crippen LogP contribution >= 0.6 is 0 Å². The molecular formula is C51H80O35S. The largest absolute Gasteiger partial charge is 0.394 e. The molecule has 16 rings (SSSR count). The second-order valence-electron chi connectivity index (χ2n) is 22.6. The molecule has 0 saturated carbocycles. The third kappa shape index (κ3) is 14.1. The summed E-state index contributed by atoms with van der Waals surface area (Å²) in [5.74, 6) is 0. The zero-order valence-corrected chi connectivity index (χ0v) is 47.8. The van der Waals surface area contributed by atoms with E-state index >= 15 is 0 Å². The van der Waals surface area contributed by atoms with Gasteiger partial charge in [-0.3, -0.25) is 4.18 Å². The lowest BCUT2D eigenvalue weighted by Crippen LogP contribution is -2.68. The maximum Gasteiger partial charge on any atom is 0.298 e. The molecule has 1 aromatic rings. The van der Waals surface area contributed by atoms with Crippen molar-refractivity contribution >= 4 is 10.1 Å². The first-order chi connectivity index (χ1) is 41.3. The van der Waals surface area contributed by atoms with Crippen LogP contribution in [-0.2, 0) is 80.6 Å². The molecule has 14 bridgehead atoms. The van der Waals surface area contributed by atoms with Crippen molar-refractivity contribution in [2.24, 2.45) is 0 Å². The number of aliphatic hydroxyl groups excluding tert-OH is 18. The van der Waals surface area contributed by atoms with Gasteiger partial charge in [0.15, 0.2) is 50.1 Å². The Labute approximate surface area is 496 Å². The first-order valence-electron chi connectivity index (χ1n) is 28.3. The number of aliphatic hydroxyl groups is 18. The van der Waals surface area contributed by atoms with Crippen LogP contribution in [0.15, 0.2) is 17.0 Å². The Morgan fingerprint density at radius 3 is 0.954 bits per heavy atom. The van der Waals surface area contributed by atoms with Crippen molar-refractivity contribution in [1.29, 1.82) is 0 Å². The van der Waals surface area contributed by atoms with Crippen LogP contribution in [-0.4, -0.2) is 349 Å². The fourth-order valence-electron chi connectivity index (χ4n) is 12.2. The summed E-state index contributed by atoms with van der Waals surface area (Å²) in [4.78, 5) is -0.319. The van der Waals surface area contributed by atoms with Gasteiger partial charge in [-0.1, -0.05) is 17.7 Å². The van der Waals surface area contributed by atoms with E-state index in [1.807, 2.05) is 0 Å². The van der Waals surface area contributed by atoms with Crippen LogP contribution in [0.1, 0.15) is 29.5 Å². The molecule has 15 saturated heterocycles. The van der Waals surface area contributed by atoms with Crippen LogP contribution in [0.5, 0.6) is 0 Å². The van der Waals surface area contributed by atoms with Gasteiger partial charge in [-0.25, -0.2) is 0 Å². The third-order valence-electron chi connectivity index (χ3n) is 16.7. The van der Waals surface area contributed by atoms with Gasteiger partial charge in [0.2, 0.25) is 0 Å². The van der Waals surface area contributed by atoms with E-state index in [2.05, 4.69) is 0 Å². The lowest BCUT2D eigenvalue weighted by atomic mass is 9.95. The molecule has 15 aliphatic heterocycles. The Kier molecular flexibility index (Phi) is 23.1. The smallest absolute Gasteiger partial charge is 0.298 e. The second-order valence-corrected chi connectivity index (χ2v) is 24.1. The van der Waals surface area contributed by atoms with Gasteiger partial charge in [-0.15, -0.1) is 0 Å². The predicted octanol–water partition coefficient (Wildman–Crippen LogP) is -10.8. The summed E-state index contributed by atoms with van der Waals surface area (Å²) in [7, 11) is -4.95. The molecule has 0 spiro atoms. The lowest BCUT2D eigenvalue weighted by molar-refractivity contribution is -0.396. The highest BCUT2D eigenvalue weighted by molar-refractivity contribution is 7.86. The predicted molar refractivity (Wildman–Crippen MR) is 272 cm³/mol. The molecule has 15 aliphatic rings. The highest BCUT2D eigenvalue weighted by atomic mass is 32.2. The summed E-state index contributed by atoms with van der Waals surface area (Å²) in [6, 6.07) is 3.10. The van der Waals surface area contributed by atoms with Crippen molar-refractivity contribution in [3.8, 4) is 0 Å². The summed E-state index contributed by atoms with van der Waals surface area (Å²) in [5.41, 5.74) is 1.14. The standard InChI is InChI=1S/C51H80O35S/c1-15-6-16(2)45(17(3)7-15)87(70,71)86-44-37(69)43-25(14-58)79-51(44)73-18-4-5-26(72-19(18)8-52)80-38-20(9-53)74-46(32(64)27(38)59)81-39-21(10-54)75-47(33(65)28(39)60)82-40-22(11-55)76-48(34(66)29(40)61)83-41-23(12-56)77-49(35(67)30(41)62)84-42-24(13-57)78-50(85-43)36(68)31(42)63/h6-7,18-44,46-69H,4-5,8-14H2,1-3H3/t18-,19+,20+,21+,22+,23+,24+,25+,26+,27+,28+,29+,30+,31+,32+,33+,34+,35+,36+,37-,38+,39+,40+,41+,42+,43+,44+,46+,47+,48+,49+,50+,51-/m0/s1. The first-order valence-corrected chi connectivity index (χ1v) is 29.7. The first kappa shape index (κ1) is 69.2. The quantitative estimate of drug-likeness (QED) is 0.0967. The molecule has 33 atom stereocenters. The van der Waals surface area contributed by atoms with Crippen LogP contribution in [0, 0.1) is 20.8 Å². The summed E-state index contributed by atoms with van der Waals surface area (Å²) in [6.07, 6.45) is -64.3. The third-order valence-corrected chi connectivity index (χ3v) is 18.3. The average molecular weight is 1290 g/mol. The van der Waals surface area contributed by atoms with Gasteiger partial charge in [0, 0.05) is 6.42 Å². The minimum atomic E-state index is -4.95. The van der Waals surface area contributed by atoms with E-state index in [9.17, 15) is 100 Å². The van der Waals surface area contributed by atoms with E-state index in [0.29, 0.717) is 5.56 Å². The number of aryl methyl sites for hydroxylation is 3. The summed E-state index contributed by atoms with van der Waals surface area (Å²) in [5, 5.41) is 201. The Morgan fingerprint density at radius 1 is 0.356 bits per heavy atom. The van der Waals surface area contributed by atoms with Crippen molar-refractivity contribution in [2.45, 2.75) is 241 Å². The fraction of sp³-hybridized carbons (Fsp3) is 0.882. The number of hydrogen-bond donors (Lipinski definition) is 18. The van der Waals surface area contributed by atoms with E-state index in [1.165, 1.54) is 13.8 Å².